The maximum absolute atomic E-state index is 10.7. The van der Waals surface area contributed by atoms with Gasteiger partial charge in [0.25, 0.3) is 0 Å². The molecule has 1 aromatic heterocycles. The zero-order valence-corrected chi connectivity index (χ0v) is 11.8. The summed E-state index contributed by atoms with van der Waals surface area (Å²) in [6.45, 7) is 0.683. The van der Waals surface area contributed by atoms with Gasteiger partial charge in [-0.15, -0.1) is 0 Å². The number of nitrogens with two attached hydrogens (primary N) is 1. The summed E-state index contributed by atoms with van der Waals surface area (Å²) in [5.41, 5.74) is 5.61. The number of primary amides is 1. The molecule has 2 amide bonds. The number of aliphatic hydroxyl groups is 1. The van der Waals surface area contributed by atoms with E-state index in [1.165, 1.54) is 0 Å². The van der Waals surface area contributed by atoms with Gasteiger partial charge < -0.3 is 26.2 Å². The molecule has 0 aliphatic heterocycles. The summed E-state index contributed by atoms with van der Waals surface area (Å²) in [5, 5.41) is 14.2. The number of benzene rings is 1. The van der Waals surface area contributed by atoms with Crippen LogP contribution in [0.4, 0.5) is 16.4 Å². The lowest BCUT2D eigenvalue weighted by Gasteiger charge is -2.08. The molecule has 5 N–H and O–H groups in total. The first-order valence-electron chi connectivity index (χ1n) is 6.69. The highest BCUT2D eigenvalue weighted by Gasteiger charge is 2.02. The Bertz CT molecular complexity index is 618. The third-order valence-electron chi connectivity index (χ3n) is 2.59. The van der Waals surface area contributed by atoms with E-state index >= 15 is 0 Å². The number of urea groups is 1. The predicted molar refractivity (Wildman–Crippen MR) is 81.9 cm³/mol. The van der Waals surface area contributed by atoms with Crippen molar-refractivity contribution in [2.75, 3.05) is 23.8 Å². The first-order valence-corrected chi connectivity index (χ1v) is 6.69. The van der Waals surface area contributed by atoms with Crippen LogP contribution < -0.4 is 21.1 Å². The van der Waals surface area contributed by atoms with Gasteiger partial charge >= 0.3 is 6.03 Å². The number of carbonyl (C=O) groups is 1. The number of hydrogen-bond acceptors (Lipinski definition) is 6. The predicted octanol–water partition coefficient (Wildman–Crippen LogP) is 1.55. The van der Waals surface area contributed by atoms with E-state index in [0.29, 0.717) is 36.2 Å². The summed E-state index contributed by atoms with van der Waals surface area (Å²) in [4.78, 5) is 19.0. The standard InChI is InChI=1S/C14H17N5O3/c15-13(21)18-10-2-4-11(5-3-10)22-12-6-8-17-14(19-12)16-7-1-9-20/h2-6,8,20H,1,7,9H2,(H3,15,18,21)(H,16,17,19). The molecule has 1 heterocycles. The number of carbonyl (C=O) groups excluding carboxylic acids is 1. The van der Waals surface area contributed by atoms with Crippen molar-refractivity contribution in [3.63, 3.8) is 0 Å². The van der Waals surface area contributed by atoms with Gasteiger partial charge in [-0.05, 0) is 30.7 Å². The molecule has 0 fully saturated rings. The van der Waals surface area contributed by atoms with Crippen LogP contribution in [0.2, 0.25) is 0 Å². The Hall–Kier alpha value is -2.87. The highest BCUT2D eigenvalue weighted by Crippen LogP contribution is 2.21. The fourth-order valence-corrected chi connectivity index (χ4v) is 1.63. The molecular formula is C14H17N5O3. The van der Waals surface area contributed by atoms with Crippen LogP contribution >= 0.6 is 0 Å². The van der Waals surface area contributed by atoms with E-state index in [4.69, 9.17) is 15.6 Å². The van der Waals surface area contributed by atoms with Crippen LogP contribution in [0.1, 0.15) is 6.42 Å². The lowest BCUT2D eigenvalue weighted by Crippen LogP contribution is -2.19. The molecule has 1 aromatic carbocycles. The lowest BCUT2D eigenvalue weighted by atomic mass is 10.3. The van der Waals surface area contributed by atoms with Gasteiger partial charge in [0.15, 0.2) is 0 Å². The third-order valence-corrected chi connectivity index (χ3v) is 2.59. The van der Waals surface area contributed by atoms with Crippen molar-refractivity contribution in [2.45, 2.75) is 6.42 Å². The Morgan fingerprint density at radius 3 is 2.73 bits per heavy atom. The molecule has 0 saturated heterocycles. The van der Waals surface area contributed by atoms with Crippen LogP contribution in [0.3, 0.4) is 0 Å². The average molecular weight is 303 g/mol. The number of amides is 2. The van der Waals surface area contributed by atoms with Crippen molar-refractivity contribution in [1.82, 2.24) is 9.97 Å². The number of rotatable bonds is 7. The minimum absolute atomic E-state index is 0.106. The fourth-order valence-electron chi connectivity index (χ4n) is 1.63. The van der Waals surface area contributed by atoms with Gasteiger partial charge in [-0.3, -0.25) is 0 Å². The van der Waals surface area contributed by atoms with Crippen molar-refractivity contribution in [2.24, 2.45) is 5.73 Å². The van der Waals surface area contributed by atoms with Crippen molar-refractivity contribution < 1.29 is 14.6 Å². The van der Waals surface area contributed by atoms with Crippen LogP contribution in [0.5, 0.6) is 11.6 Å². The monoisotopic (exact) mass is 303 g/mol. The van der Waals surface area contributed by atoms with E-state index in [9.17, 15) is 4.79 Å². The van der Waals surface area contributed by atoms with Gasteiger partial charge in [0.2, 0.25) is 11.8 Å². The fraction of sp³-hybridized carbons (Fsp3) is 0.214. The molecular weight excluding hydrogens is 286 g/mol. The Morgan fingerprint density at radius 1 is 1.27 bits per heavy atom. The summed E-state index contributed by atoms with van der Waals surface area (Å²) in [6.07, 6.45) is 2.19. The number of ether oxygens (including phenoxy) is 1. The quantitative estimate of drug-likeness (QED) is 0.576. The van der Waals surface area contributed by atoms with Crippen LogP contribution in [0.25, 0.3) is 0 Å². The Labute approximate surface area is 127 Å². The Morgan fingerprint density at radius 2 is 2.05 bits per heavy atom. The average Bonchev–Trinajstić information content (AvgIpc) is 2.49. The second-order valence-electron chi connectivity index (χ2n) is 4.34. The normalized spacial score (nSPS) is 10.0. The Balaban J connectivity index is 1.97. The van der Waals surface area contributed by atoms with Crippen LogP contribution in [-0.4, -0.2) is 34.3 Å². The number of aliphatic hydroxyl groups excluding tert-OH is 1. The molecule has 2 rings (SSSR count). The van der Waals surface area contributed by atoms with Gasteiger partial charge in [-0.2, -0.15) is 4.98 Å². The van der Waals surface area contributed by atoms with E-state index in [2.05, 4.69) is 20.6 Å². The second kappa shape index (κ2) is 7.79. The van der Waals surface area contributed by atoms with Gasteiger partial charge in [0, 0.05) is 31.1 Å². The lowest BCUT2D eigenvalue weighted by molar-refractivity contribution is 0.259. The van der Waals surface area contributed by atoms with Crippen molar-refractivity contribution in [3.05, 3.63) is 36.5 Å². The highest BCUT2D eigenvalue weighted by molar-refractivity contribution is 5.87. The highest BCUT2D eigenvalue weighted by atomic mass is 16.5. The van der Waals surface area contributed by atoms with Crippen LogP contribution in [0, 0.1) is 0 Å². The molecule has 22 heavy (non-hydrogen) atoms. The molecule has 0 saturated carbocycles. The number of nitrogens with zero attached hydrogens (tertiary/aromatic N) is 2. The largest absolute Gasteiger partial charge is 0.439 e. The zero-order chi connectivity index (χ0) is 15.8. The molecule has 2 aromatic rings. The van der Waals surface area contributed by atoms with Crippen molar-refractivity contribution in [1.29, 1.82) is 0 Å². The van der Waals surface area contributed by atoms with Gasteiger partial charge in [-0.25, -0.2) is 9.78 Å². The number of hydrogen-bond donors (Lipinski definition) is 4. The summed E-state index contributed by atoms with van der Waals surface area (Å²) in [6, 6.07) is 7.72. The number of nitrogens with one attached hydrogen (secondary N) is 2. The topological polar surface area (TPSA) is 122 Å². The summed E-state index contributed by atoms with van der Waals surface area (Å²) in [7, 11) is 0. The van der Waals surface area contributed by atoms with Gasteiger partial charge in [-0.1, -0.05) is 0 Å². The minimum Gasteiger partial charge on any atom is -0.439 e. The number of aromatic nitrogens is 2. The zero-order valence-electron chi connectivity index (χ0n) is 11.8. The Kier molecular flexibility index (Phi) is 5.50. The SMILES string of the molecule is NC(=O)Nc1ccc(Oc2ccnc(NCCCO)n2)cc1. The van der Waals surface area contributed by atoms with Gasteiger partial charge in [0.1, 0.15) is 5.75 Å². The smallest absolute Gasteiger partial charge is 0.316 e. The first-order chi connectivity index (χ1) is 10.7. The minimum atomic E-state index is -0.622. The molecule has 8 nitrogen and oxygen atoms in total. The molecule has 0 aliphatic carbocycles. The third kappa shape index (κ3) is 4.91. The summed E-state index contributed by atoms with van der Waals surface area (Å²) < 4.78 is 5.60. The summed E-state index contributed by atoms with van der Waals surface area (Å²) >= 11 is 0. The van der Waals surface area contributed by atoms with E-state index in [1.807, 2.05) is 0 Å². The van der Waals surface area contributed by atoms with Crippen LogP contribution in [-0.2, 0) is 0 Å². The molecule has 0 spiro atoms. The molecule has 0 bridgehead atoms. The second-order valence-corrected chi connectivity index (χ2v) is 4.34. The van der Waals surface area contributed by atoms with Crippen molar-refractivity contribution >= 4 is 17.7 Å². The van der Waals surface area contributed by atoms with E-state index in [0.717, 1.165) is 0 Å². The maximum atomic E-state index is 10.7. The molecule has 8 heteroatoms. The number of anilines is 2. The first kappa shape index (κ1) is 15.5. The molecule has 116 valence electrons. The van der Waals surface area contributed by atoms with E-state index in [1.54, 1.807) is 36.5 Å². The molecule has 0 atom stereocenters. The molecule has 0 unspecified atom stereocenters. The van der Waals surface area contributed by atoms with Gasteiger partial charge in [0.05, 0.1) is 0 Å². The van der Waals surface area contributed by atoms with E-state index in [-0.39, 0.29) is 6.61 Å². The summed E-state index contributed by atoms with van der Waals surface area (Å²) in [5.74, 6) is 1.38. The van der Waals surface area contributed by atoms with Crippen molar-refractivity contribution in [3.8, 4) is 11.6 Å². The maximum Gasteiger partial charge on any atom is 0.316 e. The van der Waals surface area contributed by atoms with Crippen LogP contribution in [0.15, 0.2) is 36.5 Å². The molecule has 0 aliphatic rings. The molecule has 0 radical (unpaired) electrons. The van der Waals surface area contributed by atoms with E-state index < -0.39 is 6.03 Å².